The van der Waals surface area contributed by atoms with Gasteiger partial charge in [-0.3, -0.25) is 0 Å². The summed E-state index contributed by atoms with van der Waals surface area (Å²) in [6, 6.07) is 3.73. The number of hydrogen-bond donors (Lipinski definition) is 2. The first kappa shape index (κ1) is 11.3. The van der Waals surface area contributed by atoms with Crippen LogP contribution in [0, 0.1) is 11.3 Å². The Morgan fingerprint density at radius 3 is 3.07 bits per heavy atom. The van der Waals surface area contributed by atoms with Crippen LogP contribution in [0.3, 0.4) is 0 Å². The number of rotatable bonds is 4. The number of nitriles is 1. The fourth-order valence-corrected chi connectivity index (χ4v) is 1.21. The summed E-state index contributed by atoms with van der Waals surface area (Å²) < 4.78 is 4.98. The first-order chi connectivity index (χ1) is 7.17. The molecular weight excluding hydrogens is 192 g/mol. The Labute approximate surface area is 88.9 Å². The third kappa shape index (κ3) is 3.11. The normalized spacial score (nSPS) is 11.8. The summed E-state index contributed by atoms with van der Waals surface area (Å²) in [7, 11) is 1.62. The minimum atomic E-state index is 0.0956. The third-order valence-corrected chi connectivity index (χ3v) is 1.83. The predicted molar refractivity (Wildman–Crippen MR) is 58.3 cm³/mol. The van der Waals surface area contributed by atoms with Crippen molar-refractivity contribution in [3.05, 3.63) is 17.8 Å². The largest absolute Gasteiger partial charge is 0.397 e. The lowest BCUT2D eigenvalue weighted by molar-refractivity contribution is 0.190. The van der Waals surface area contributed by atoms with E-state index in [9.17, 15) is 0 Å². The van der Waals surface area contributed by atoms with Gasteiger partial charge in [-0.1, -0.05) is 0 Å². The molecule has 0 aromatic carbocycles. The van der Waals surface area contributed by atoms with Gasteiger partial charge in [-0.05, 0) is 13.0 Å². The van der Waals surface area contributed by atoms with Crippen LogP contribution in [0.25, 0.3) is 0 Å². The van der Waals surface area contributed by atoms with Crippen molar-refractivity contribution in [1.29, 1.82) is 5.26 Å². The Kier molecular flexibility index (Phi) is 3.89. The fraction of sp³-hybridized carbons (Fsp3) is 0.400. The van der Waals surface area contributed by atoms with Crippen LogP contribution < -0.4 is 11.1 Å². The minimum absolute atomic E-state index is 0.0956. The van der Waals surface area contributed by atoms with Gasteiger partial charge in [0.2, 0.25) is 0 Å². The second-order valence-electron chi connectivity index (χ2n) is 3.28. The molecule has 0 bridgehead atoms. The summed E-state index contributed by atoms with van der Waals surface area (Å²) >= 11 is 0. The average Bonchev–Trinajstić information content (AvgIpc) is 2.21. The van der Waals surface area contributed by atoms with Crippen LogP contribution in [0.5, 0.6) is 0 Å². The molecule has 1 aromatic rings. The van der Waals surface area contributed by atoms with Crippen molar-refractivity contribution < 1.29 is 4.74 Å². The second-order valence-corrected chi connectivity index (χ2v) is 3.28. The number of methoxy groups -OCH3 is 1. The second kappa shape index (κ2) is 5.17. The van der Waals surface area contributed by atoms with Gasteiger partial charge in [0, 0.05) is 13.2 Å². The van der Waals surface area contributed by atoms with Gasteiger partial charge in [0.05, 0.1) is 24.1 Å². The van der Waals surface area contributed by atoms with Crippen molar-refractivity contribution in [3.8, 4) is 6.07 Å². The molecule has 0 spiro atoms. The summed E-state index contributed by atoms with van der Waals surface area (Å²) in [6.07, 6.45) is 1.52. The summed E-state index contributed by atoms with van der Waals surface area (Å²) in [5.41, 5.74) is 6.45. The molecule has 1 aromatic heterocycles. The molecule has 1 rings (SSSR count). The van der Waals surface area contributed by atoms with Crippen LogP contribution in [0.1, 0.15) is 12.5 Å². The highest BCUT2D eigenvalue weighted by Gasteiger charge is 2.07. The van der Waals surface area contributed by atoms with Gasteiger partial charge >= 0.3 is 0 Å². The zero-order valence-electron chi connectivity index (χ0n) is 8.82. The number of nitrogens with one attached hydrogen (secondary N) is 1. The molecule has 5 heteroatoms. The van der Waals surface area contributed by atoms with Crippen molar-refractivity contribution in [1.82, 2.24) is 4.98 Å². The molecule has 0 aliphatic heterocycles. The van der Waals surface area contributed by atoms with Gasteiger partial charge in [0.1, 0.15) is 11.9 Å². The zero-order chi connectivity index (χ0) is 11.3. The van der Waals surface area contributed by atoms with Crippen molar-refractivity contribution in [3.63, 3.8) is 0 Å². The van der Waals surface area contributed by atoms with Gasteiger partial charge in [0.15, 0.2) is 0 Å². The minimum Gasteiger partial charge on any atom is -0.397 e. The highest BCUT2D eigenvalue weighted by molar-refractivity contribution is 5.57. The standard InChI is InChI=1S/C10H14N4O/c1-7(6-15-2)14-10-8(4-11)3-9(12)5-13-10/h3,5,7H,6,12H2,1-2H3,(H,13,14). The third-order valence-electron chi connectivity index (χ3n) is 1.83. The molecule has 0 amide bonds. The van der Waals surface area contributed by atoms with E-state index in [2.05, 4.69) is 10.3 Å². The number of pyridine rings is 1. The Morgan fingerprint density at radius 1 is 1.73 bits per heavy atom. The number of nitrogen functional groups attached to an aromatic ring is 1. The average molecular weight is 206 g/mol. The number of anilines is 2. The first-order valence-electron chi connectivity index (χ1n) is 4.58. The van der Waals surface area contributed by atoms with E-state index < -0.39 is 0 Å². The lowest BCUT2D eigenvalue weighted by atomic mass is 10.2. The molecular formula is C10H14N4O. The SMILES string of the molecule is COCC(C)Nc1ncc(N)cc1C#N. The maximum Gasteiger partial charge on any atom is 0.144 e. The van der Waals surface area contributed by atoms with Crippen molar-refractivity contribution >= 4 is 11.5 Å². The van der Waals surface area contributed by atoms with Crippen LogP contribution in [-0.4, -0.2) is 24.7 Å². The van der Waals surface area contributed by atoms with Crippen molar-refractivity contribution in [2.24, 2.45) is 0 Å². The molecule has 0 saturated carbocycles. The van der Waals surface area contributed by atoms with E-state index in [1.165, 1.54) is 6.20 Å². The van der Waals surface area contributed by atoms with Crippen LogP contribution in [-0.2, 0) is 4.74 Å². The molecule has 3 N–H and O–H groups in total. The molecule has 1 unspecified atom stereocenters. The molecule has 0 aliphatic carbocycles. The Morgan fingerprint density at radius 2 is 2.47 bits per heavy atom. The number of nitrogens with zero attached hydrogens (tertiary/aromatic N) is 2. The van der Waals surface area contributed by atoms with Crippen LogP contribution in [0.2, 0.25) is 0 Å². The molecule has 5 nitrogen and oxygen atoms in total. The summed E-state index contributed by atoms with van der Waals surface area (Å²) in [5.74, 6) is 0.538. The van der Waals surface area contributed by atoms with Crippen LogP contribution >= 0.6 is 0 Å². The zero-order valence-corrected chi connectivity index (χ0v) is 8.82. The molecule has 80 valence electrons. The van der Waals surface area contributed by atoms with E-state index in [1.54, 1.807) is 13.2 Å². The highest BCUT2D eigenvalue weighted by atomic mass is 16.5. The predicted octanol–water partition coefficient (Wildman–Crippen LogP) is 0.982. The molecule has 1 atom stereocenters. The van der Waals surface area contributed by atoms with E-state index in [1.807, 2.05) is 13.0 Å². The molecule has 15 heavy (non-hydrogen) atoms. The van der Waals surface area contributed by atoms with E-state index in [-0.39, 0.29) is 6.04 Å². The van der Waals surface area contributed by atoms with E-state index in [4.69, 9.17) is 15.7 Å². The summed E-state index contributed by atoms with van der Waals surface area (Å²) in [4.78, 5) is 4.06. The molecule has 0 saturated heterocycles. The van der Waals surface area contributed by atoms with Crippen molar-refractivity contribution in [2.75, 3.05) is 24.8 Å². The molecule has 0 radical (unpaired) electrons. The van der Waals surface area contributed by atoms with Gasteiger partial charge in [-0.25, -0.2) is 4.98 Å². The van der Waals surface area contributed by atoms with E-state index in [0.29, 0.717) is 23.7 Å². The Hall–Kier alpha value is -1.80. The summed E-state index contributed by atoms with van der Waals surface area (Å²) in [6.45, 7) is 2.50. The van der Waals surface area contributed by atoms with Gasteiger partial charge in [0.25, 0.3) is 0 Å². The highest BCUT2D eigenvalue weighted by Crippen LogP contribution is 2.14. The van der Waals surface area contributed by atoms with Crippen molar-refractivity contribution in [2.45, 2.75) is 13.0 Å². The van der Waals surface area contributed by atoms with Gasteiger partial charge in [-0.15, -0.1) is 0 Å². The number of aromatic nitrogens is 1. The topological polar surface area (TPSA) is 84.0 Å². The fourth-order valence-electron chi connectivity index (χ4n) is 1.21. The maximum absolute atomic E-state index is 8.87. The molecule has 0 aliphatic rings. The van der Waals surface area contributed by atoms with E-state index in [0.717, 1.165) is 0 Å². The van der Waals surface area contributed by atoms with Crippen LogP contribution in [0.15, 0.2) is 12.3 Å². The molecule has 0 fully saturated rings. The maximum atomic E-state index is 8.87. The lowest BCUT2D eigenvalue weighted by Gasteiger charge is -2.14. The quantitative estimate of drug-likeness (QED) is 0.767. The monoisotopic (exact) mass is 206 g/mol. The van der Waals surface area contributed by atoms with Gasteiger partial charge < -0.3 is 15.8 Å². The molecule has 1 heterocycles. The summed E-state index contributed by atoms with van der Waals surface area (Å²) in [5, 5.41) is 11.9. The first-order valence-corrected chi connectivity index (χ1v) is 4.58. The number of ether oxygens (including phenoxy) is 1. The number of hydrogen-bond acceptors (Lipinski definition) is 5. The number of nitrogens with two attached hydrogens (primary N) is 1. The Bertz CT molecular complexity index is 372. The van der Waals surface area contributed by atoms with Crippen LogP contribution in [0.4, 0.5) is 11.5 Å². The Balaban J connectivity index is 2.81. The van der Waals surface area contributed by atoms with E-state index >= 15 is 0 Å². The lowest BCUT2D eigenvalue weighted by Crippen LogP contribution is -2.22. The van der Waals surface area contributed by atoms with Gasteiger partial charge in [-0.2, -0.15) is 5.26 Å². The smallest absolute Gasteiger partial charge is 0.144 e.